The third-order valence-corrected chi connectivity index (χ3v) is 11.3. The van der Waals surface area contributed by atoms with E-state index < -0.39 is 0 Å². The van der Waals surface area contributed by atoms with Crippen LogP contribution >= 0.6 is 0 Å². The monoisotopic (exact) mass is 481 g/mol. The Labute approximate surface area is 215 Å². The van der Waals surface area contributed by atoms with E-state index in [4.69, 9.17) is 0 Å². The molecule has 3 nitrogen and oxygen atoms in total. The molecule has 2 aromatic carbocycles. The van der Waals surface area contributed by atoms with Crippen molar-refractivity contribution in [3.63, 3.8) is 0 Å². The summed E-state index contributed by atoms with van der Waals surface area (Å²) in [6.45, 7) is 6.08. The van der Waals surface area contributed by atoms with Crippen LogP contribution in [0.3, 0.4) is 0 Å². The van der Waals surface area contributed by atoms with Crippen molar-refractivity contribution in [1.82, 2.24) is 4.57 Å². The molecule has 36 heavy (non-hydrogen) atoms. The van der Waals surface area contributed by atoms with E-state index in [-0.39, 0.29) is 6.10 Å². The van der Waals surface area contributed by atoms with E-state index in [9.17, 15) is 5.11 Å². The van der Waals surface area contributed by atoms with Gasteiger partial charge in [0, 0.05) is 5.41 Å². The van der Waals surface area contributed by atoms with E-state index >= 15 is 0 Å². The predicted molar refractivity (Wildman–Crippen MR) is 144 cm³/mol. The van der Waals surface area contributed by atoms with Gasteiger partial charge in [-0.3, -0.25) is 0 Å². The van der Waals surface area contributed by atoms with Crippen LogP contribution < -0.4 is 4.57 Å². The lowest BCUT2D eigenvalue weighted by atomic mass is 9.48. The highest BCUT2D eigenvalue weighted by molar-refractivity contribution is 5.82. The Hall–Kier alpha value is -2.39. The topological polar surface area (TPSA) is 29.0 Å². The number of aliphatic hydroxyl groups is 1. The second-order valence-corrected chi connectivity index (χ2v) is 13.0. The molecule has 4 aliphatic rings. The van der Waals surface area contributed by atoms with E-state index in [0.29, 0.717) is 16.9 Å². The molecule has 7 rings (SSSR count). The highest BCUT2D eigenvalue weighted by Crippen LogP contribution is 2.67. The number of rotatable bonds is 3. The van der Waals surface area contributed by atoms with E-state index in [1.54, 1.807) is 5.57 Å². The molecule has 188 valence electrons. The molecule has 0 radical (unpaired) electrons. The molecule has 0 spiro atoms. The van der Waals surface area contributed by atoms with Gasteiger partial charge in [-0.15, -0.1) is 0 Å². The zero-order valence-corrected chi connectivity index (χ0v) is 21.9. The molecule has 1 aromatic heterocycles. The number of allylic oxidation sites excluding steroid dienone is 1. The molecule has 0 saturated heterocycles. The van der Waals surface area contributed by atoms with Crippen molar-refractivity contribution in [3.8, 4) is 0 Å². The van der Waals surface area contributed by atoms with Crippen LogP contribution in [0.1, 0.15) is 76.8 Å². The van der Waals surface area contributed by atoms with Crippen molar-refractivity contribution in [2.24, 2.45) is 28.6 Å². The van der Waals surface area contributed by atoms with Crippen LogP contribution in [0.25, 0.3) is 10.8 Å². The number of aromatic nitrogens is 2. The van der Waals surface area contributed by atoms with Gasteiger partial charge >= 0.3 is 0 Å². The first-order valence-electron chi connectivity index (χ1n) is 14.4. The van der Waals surface area contributed by atoms with Crippen molar-refractivity contribution >= 4 is 10.8 Å². The van der Waals surface area contributed by atoms with Crippen LogP contribution in [0.5, 0.6) is 0 Å². The number of imidazole rings is 1. The third kappa shape index (κ3) is 3.45. The summed E-state index contributed by atoms with van der Waals surface area (Å²) in [5.41, 5.74) is 3.67. The molecular formula is C33H41N2O+. The van der Waals surface area contributed by atoms with Gasteiger partial charge in [0.15, 0.2) is 0 Å². The molecule has 7 atom stereocenters. The normalized spacial score (nSPS) is 37.8. The van der Waals surface area contributed by atoms with Gasteiger partial charge in [-0.25, -0.2) is 9.13 Å². The van der Waals surface area contributed by atoms with Crippen LogP contribution in [0.2, 0.25) is 0 Å². The minimum atomic E-state index is -0.111. The van der Waals surface area contributed by atoms with Gasteiger partial charge in [0.25, 0.3) is 0 Å². The fraction of sp³-hybridized carbons (Fsp3) is 0.545. The Morgan fingerprint density at radius 2 is 1.83 bits per heavy atom. The number of aliphatic hydroxyl groups excluding tert-OH is 1. The molecule has 0 unspecified atom stereocenters. The van der Waals surface area contributed by atoms with E-state index in [1.165, 1.54) is 54.9 Å². The number of fused-ring (bicyclic) bond motifs is 6. The molecule has 4 aliphatic carbocycles. The SMILES string of the molecule is C[C@]12CC[C@H]3[C@@H](CC=C4C[C@@H](O)CC[C@@]43C)[C@@H]1CC[C@@H]2n1cc[n+](Cc2ccc3ccccc3c2)c1. The van der Waals surface area contributed by atoms with Gasteiger partial charge in [-0.1, -0.05) is 61.9 Å². The lowest BCUT2D eigenvalue weighted by Crippen LogP contribution is -2.50. The molecule has 3 saturated carbocycles. The predicted octanol–water partition coefficient (Wildman–Crippen LogP) is 6.84. The molecule has 0 amide bonds. The van der Waals surface area contributed by atoms with Crippen molar-refractivity contribution in [2.75, 3.05) is 0 Å². The minimum Gasteiger partial charge on any atom is -0.393 e. The van der Waals surface area contributed by atoms with Crippen molar-refractivity contribution in [1.29, 1.82) is 0 Å². The standard InChI is InChI=1S/C33H41N2O/c1-32-15-13-27(36)20-26(32)9-10-28-29-11-12-31(33(29,2)16-14-30(28)32)35-18-17-34(22-35)21-23-7-8-24-5-3-4-6-25(24)19-23/h3-9,17-19,22,27-31,36H,10-16,20-21H2,1-2H3/q+1/t27-,28-,29-,30-,31-,32-,33-/m0/s1. The lowest BCUT2D eigenvalue weighted by molar-refractivity contribution is -0.688. The van der Waals surface area contributed by atoms with Crippen LogP contribution in [0.4, 0.5) is 0 Å². The Bertz CT molecular complexity index is 1320. The van der Waals surface area contributed by atoms with Gasteiger partial charge in [0.05, 0.1) is 6.10 Å². The smallest absolute Gasteiger partial charge is 0.244 e. The summed E-state index contributed by atoms with van der Waals surface area (Å²) in [5, 5.41) is 12.9. The summed E-state index contributed by atoms with van der Waals surface area (Å²) in [4.78, 5) is 0. The van der Waals surface area contributed by atoms with Gasteiger partial charge in [0.2, 0.25) is 6.33 Å². The highest BCUT2D eigenvalue weighted by Gasteiger charge is 2.60. The summed E-state index contributed by atoms with van der Waals surface area (Å²) >= 11 is 0. The largest absolute Gasteiger partial charge is 0.393 e. The third-order valence-electron chi connectivity index (χ3n) is 11.3. The van der Waals surface area contributed by atoms with Gasteiger partial charge in [-0.2, -0.15) is 0 Å². The average Bonchev–Trinajstić information content (AvgIpc) is 3.48. The first kappa shape index (κ1) is 22.8. The van der Waals surface area contributed by atoms with Crippen molar-refractivity contribution < 1.29 is 9.67 Å². The quantitative estimate of drug-likeness (QED) is 0.322. The maximum Gasteiger partial charge on any atom is 0.244 e. The number of benzene rings is 2. The van der Waals surface area contributed by atoms with Crippen molar-refractivity contribution in [3.05, 3.63) is 78.4 Å². The molecule has 0 aliphatic heterocycles. The number of hydrogen-bond acceptors (Lipinski definition) is 1. The summed E-state index contributed by atoms with van der Waals surface area (Å²) in [5.74, 6) is 2.45. The molecule has 1 N–H and O–H groups in total. The summed E-state index contributed by atoms with van der Waals surface area (Å²) in [6.07, 6.45) is 19.2. The number of nitrogens with zero attached hydrogens (tertiary/aromatic N) is 2. The Balaban J connectivity index is 1.12. The fourth-order valence-electron chi connectivity index (χ4n) is 9.34. The maximum absolute atomic E-state index is 10.3. The van der Waals surface area contributed by atoms with Crippen LogP contribution in [-0.2, 0) is 6.54 Å². The van der Waals surface area contributed by atoms with Gasteiger partial charge in [-0.05, 0) is 96.9 Å². The van der Waals surface area contributed by atoms with E-state index in [1.807, 2.05) is 0 Å². The molecule has 3 aromatic rings. The Morgan fingerprint density at radius 1 is 0.972 bits per heavy atom. The first-order valence-corrected chi connectivity index (χ1v) is 14.4. The molecule has 1 heterocycles. The van der Waals surface area contributed by atoms with E-state index in [0.717, 1.165) is 37.1 Å². The molecular weight excluding hydrogens is 440 g/mol. The summed E-state index contributed by atoms with van der Waals surface area (Å²) in [6, 6.07) is 16.1. The number of hydrogen-bond donors (Lipinski definition) is 1. The zero-order valence-electron chi connectivity index (χ0n) is 21.9. The molecule has 3 heteroatoms. The van der Waals surface area contributed by atoms with E-state index in [2.05, 4.69) is 90.2 Å². The molecule has 0 bridgehead atoms. The average molecular weight is 482 g/mol. The fourth-order valence-corrected chi connectivity index (χ4v) is 9.34. The molecule has 3 fully saturated rings. The lowest BCUT2D eigenvalue weighted by Gasteiger charge is -2.57. The van der Waals surface area contributed by atoms with Gasteiger partial charge < -0.3 is 5.11 Å². The summed E-state index contributed by atoms with van der Waals surface area (Å²) < 4.78 is 4.93. The minimum absolute atomic E-state index is 0.111. The van der Waals surface area contributed by atoms with Crippen molar-refractivity contribution in [2.45, 2.75) is 83.9 Å². The second-order valence-electron chi connectivity index (χ2n) is 13.0. The van der Waals surface area contributed by atoms with Crippen LogP contribution in [0.15, 0.2) is 72.8 Å². The van der Waals surface area contributed by atoms with Crippen LogP contribution in [0, 0.1) is 28.6 Å². The Morgan fingerprint density at radius 3 is 2.72 bits per heavy atom. The highest BCUT2D eigenvalue weighted by atomic mass is 16.3. The van der Waals surface area contributed by atoms with Gasteiger partial charge in [0.1, 0.15) is 25.0 Å². The maximum atomic E-state index is 10.3. The zero-order chi connectivity index (χ0) is 24.5. The summed E-state index contributed by atoms with van der Waals surface area (Å²) in [7, 11) is 0. The first-order chi connectivity index (χ1) is 17.4. The van der Waals surface area contributed by atoms with Crippen LogP contribution in [-0.4, -0.2) is 15.8 Å². The Kier molecular flexibility index (Phi) is 5.26. The second kappa shape index (κ2) is 8.31.